The number of hydrogen-bond donors (Lipinski definition) is 2. The molecule has 0 saturated heterocycles. The lowest BCUT2D eigenvalue weighted by molar-refractivity contribution is 0.310. The van der Waals surface area contributed by atoms with Gasteiger partial charge < -0.3 is 15.8 Å². The van der Waals surface area contributed by atoms with E-state index in [1.54, 1.807) is 7.11 Å². The molecule has 7 nitrogen and oxygen atoms in total. The molecule has 2 aromatic carbocycles. The fourth-order valence-electron chi connectivity index (χ4n) is 2.68. The fraction of sp³-hybridized carbons (Fsp3) is 0.211. The zero-order valence-electron chi connectivity index (χ0n) is 15.2. The molecule has 0 unspecified atom stereocenters. The summed E-state index contributed by atoms with van der Waals surface area (Å²) in [6, 6.07) is 15.3. The lowest BCUT2D eigenvalue weighted by atomic mass is 10.2. The van der Waals surface area contributed by atoms with E-state index in [9.17, 15) is 0 Å². The summed E-state index contributed by atoms with van der Waals surface area (Å²) >= 11 is 6.05. The largest absolute Gasteiger partial charge is 0.495 e. The van der Waals surface area contributed by atoms with Gasteiger partial charge in [-0.1, -0.05) is 35.9 Å². The van der Waals surface area contributed by atoms with Crippen molar-refractivity contribution in [1.29, 1.82) is 0 Å². The highest BCUT2D eigenvalue weighted by molar-refractivity contribution is 6.30. The molecule has 3 rings (SSSR count). The molecule has 0 aliphatic carbocycles. The first-order valence-electron chi connectivity index (χ1n) is 8.37. The number of rotatable bonds is 7. The lowest BCUT2D eigenvalue weighted by Crippen LogP contribution is -2.20. The molecule has 8 heteroatoms. The van der Waals surface area contributed by atoms with Crippen molar-refractivity contribution in [2.75, 3.05) is 25.2 Å². The topological polar surface area (TPSA) is 89.2 Å². The minimum atomic E-state index is 0.161. The van der Waals surface area contributed by atoms with Gasteiger partial charge in [0.15, 0.2) is 0 Å². The van der Waals surface area contributed by atoms with Gasteiger partial charge in [-0.2, -0.15) is 15.0 Å². The van der Waals surface area contributed by atoms with Crippen LogP contribution in [0.25, 0.3) is 0 Å². The molecule has 0 aliphatic rings. The Kier molecular flexibility index (Phi) is 6.05. The van der Waals surface area contributed by atoms with Crippen LogP contribution in [-0.2, 0) is 13.1 Å². The number of nitrogens with zero attached hydrogens (tertiary/aromatic N) is 4. The third-order valence-electron chi connectivity index (χ3n) is 3.81. The molecule has 3 aromatic rings. The van der Waals surface area contributed by atoms with Crippen molar-refractivity contribution < 1.29 is 4.74 Å². The summed E-state index contributed by atoms with van der Waals surface area (Å²) in [4.78, 5) is 14.9. The summed E-state index contributed by atoms with van der Waals surface area (Å²) in [5.74, 6) is 1.80. The first kappa shape index (κ1) is 18.9. The smallest absolute Gasteiger partial charge is 0.232 e. The normalized spacial score (nSPS) is 10.8. The Morgan fingerprint density at radius 1 is 1.07 bits per heavy atom. The summed E-state index contributed by atoms with van der Waals surface area (Å²) < 4.78 is 5.33. The summed E-state index contributed by atoms with van der Waals surface area (Å²) in [6.45, 7) is 1.22. The van der Waals surface area contributed by atoms with Gasteiger partial charge in [-0.05, 0) is 36.9 Å². The van der Waals surface area contributed by atoms with Crippen LogP contribution < -0.4 is 15.8 Å². The van der Waals surface area contributed by atoms with Crippen LogP contribution in [0.15, 0.2) is 48.5 Å². The van der Waals surface area contributed by atoms with Gasteiger partial charge in [0.1, 0.15) is 11.6 Å². The molecule has 0 fully saturated rings. The second-order valence-electron chi connectivity index (χ2n) is 6.06. The molecule has 1 aromatic heterocycles. The predicted octanol–water partition coefficient (Wildman–Crippen LogP) is 3.49. The second-order valence-corrected chi connectivity index (χ2v) is 6.50. The number of para-hydroxylation sites is 2. The number of nitrogen functional groups attached to an aromatic ring is 1. The number of benzene rings is 2. The third-order valence-corrected chi connectivity index (χ3v) is 4.04. The van der Waals surface area contributed by atoms with Crippen molar-refractivity contribution in [3.63, 3.8) is 0 Å². The van der Waals surface area contributed by atoms with Gasteiger partial charge in [-0.25, -0.2) is 0 Å². The zero-order chi connectivity index (χ0) is 19.2. The van der Waals surface area contributed by atoms with Crippen LogP contribution in [0.3, 0.4) is 0 Å². The molecule has 0 amide bonds. The fourth-order valence-corrected chi connectivity index (χ4v) is 2.89. The van der Waals surface area contributed by atoms with E-state index in [0.29, 0.717) is 35.6 Å². The van der Waals surface area contributed by atoms with Crippen LogP contribution >= 0.6 is 11.6 Å². The number of nitrogens with two attached hydrogens (primary N) is 1. The van der Waals surface area contributed by atoms with Crippen LogP contribution in [0.5, 0.6) is 5.75 Å². The molecule has 0 atom stereocenters. The number of methoxy groups -OCH3 is 1. The van der Waals surface area contributed by atoms with Crippen LogP contribution in [0.1, 0.15) is 11.4 Å². The Morgan fingerprint density at radius 3 is 2.67 bits per heavy atom. The van der Waals surface area contributed by atoms with E-state index in [2.05, 4.69) is 25.2 Å². The number of nitrogens with one attached hydrogen (secondary N) is 1. The Balaban J connectivity index is 1.73. The molecule has 0 radical (unpaired) electrons. The lowest BCUT2D eigenvalue weighted by Gasteiger charge is -2.16. The molecule has 0 saturated carbocycles. The second kappa shape index (κ2) is 8.66. The molecule has 0 bridgehead atoms. The summed E-state index contributed by atoms with van der Waals surface area (Å²) in [5, 5.41) is 3.85. The number of halogens is 1. The SMILES string of the molecule is COc1ccccc1Nc1nc(N)nc(CN(C)Cc2cccc(Cl)c2)n1. The quantitative estimate of drug-likeness (QED) is 0.644. The van der Waals surface area contributed by atoms with Gasteiger partial charge in [-0.3, -0.25) is 4.90 Å². The van der Waals surface area contributed by atoms with Crippen molar-refractivity contribution >= 4 is 29.2 Å². The van der Waals surface area contributed by atoms with E-state index in [-0.39, 0.29) is 5.95 Å². The van der Waals surface area contributed by atoms with Crippen molar-refractivity contribution in [1.82, 2.24) is 19.9 Å². The van der Waals surface area contributed by atoms with Crippen molar-refractivity contribution in [2.24, 2.45) is 0 Å². The average molecular weight is 385 g/mol. The highest BCUT2D eigenvalue weighted by Gasteiger charge is 2.10. The summed E-state index contributed by atoms with van der Waals surface area (Å²) in [7, 11) is 3.59. The van der Waals surface area contributed by atoms with E-state index in [1.165, 1.54) is 0 Å². The maximum atomic E-state index is 6.05. The molecule has 3 N–H and O–H groups in total. The van der Waals surface area contributed by atoms with Gasteiger partial charge in [0.05, 0.1) is 19.3 Å². The van der Waals surface area contributed by atoms with Gasteiger partial charge in [0, 0.05) is 11.6 Å². The van der Waals surface area contributed by atoms with E-state index >= 15 is 0 Å². The van der Waals surface area contributed by atoms with E-state index in [1.807, 2.05) is 55.6 Å². The maximum Gasteiger partial charge on any atom is 0.232 e. The van der Waals surface area contributed by atoms with E-state index in [0.717, 1.165) is 11.3 Å². The highest BCUT2D eigenvalue weighted by atomic mass is 35.5. The predicted molar refractivity (Wildman–Crippen MR) is 107 cm³/mol. The third kappa shape index (κ3) is 5.29. The van der Waals surface area contributed by atoms with Crippen LogP contribution in [0, 0.1) is 0 Å². The van der Waals surface area contributed by atoms with Crippen LogP contribution in [-0.4, -0.2) is 34.0 Å². The van der Waals surface area contributed by atoms with Crippen molar-refractivity contribution in [2.45, 2.75) is 13.1 Å². The molecule has 0 spiro atoms. The first-order valence-corrected chi connectivity index (χ1v) is 8.75. The molecular weight excluding hydrogens is 364 g/mol. The van der Waals surface area contributed by atoms with Gasteiger partial charge in [0.25, 0.3) is 0 Å². The van der Waals surface area contributed by atoms with Crippen LogP contribution in [0.2, 0.25) is 5.02 Å². The van der Waals surface area contributed by atoms with Crippen LogP contribution in [0.4, 0.5) is 17.6 Å². The zero-order valence-corrected chi connectivity index (χ0v) is 15.9. The Bertz CT molecular complexity index is 920. The Labute approximate surface area is 163 Å². The van der Waals surface area contributed by atoms with Crippen molar-refractivity contribution in [3.8, 4) is 5.75 Å². The number of ether oxygens (including phenoxy) is 1. The number of aromatic nitrogens is 3. The van der Waals surface area contributed by atoms with Gasteiger partial charge in [-0.15, -0.1) is 0 Å². The number of anilines is 3. The summed E-state index contributed by atoms with van der Waals surface area (Å²) in [6.07, 6.45) is 0. The number of hydrogen-bond acceptors (Lipinski definition) is 7. The monoisotopic (exact) mass is 384 g/mol. The Hall–Kier alpha value is -2.90. The van der Waals surface area contributed by atoms with E-state index < -0.39 is 0 Å². The van der Waals surface area contributed by atoms with Crippen molar-refractivity contribution in [3.05, 3.63) is 64.9 Å². The highest BCUT2D eigenvalue weighted by Crippen LogP contribution is 2.25. The first-order chi connectivity index (χ1) is 13.0. The molecule has 27 heavy (non-hydrogen) atoms. The average Bonchev–Trinajstić information content (AvgIpc) is 2.61. The van der Waals surface area contributed by atoms with Gasteiger partial charge in [0.2, 0.25) is 11.9 Å². The van der Waals surface area contributed by atoms with E-state index in [4.69, 9.17) is 22.1 Å². The summed E-state index contributed by atoms with van der Waals surface area (Å²) in [5.41, 5.74) is 7.73. The van der Waals surface area contributed by atoms with Gasteiger partial charge >= 0.3 is 0 Å². The minimum absolute atomic E-state index is 0.161. The molecule has 1 heterocycles. The maximum absolute atomic E-state index is 6.05. The Morgan fingerprint density at radius 2 is 1.89 bits per heavy atom. The molecular formula is C19H21ClN6O. The molecule has 140 valence electrons. The molecule has 0 aliphatic heterocycles. The minimum Gasteiger partial charge on any atom is -0.495 e. The standard InChI is InChI=1S/C19H21ClN6O/c1-26(11-13-6-5-7-14(20)10-13)12-17-23-18(21)25-19(24-17)22-15-8-3-4-9-16(15)27-2/h3-10H,11-12H2,1-2H3,(H3,21,22,23,24,25).